The smallest absolute Gasteiger partial charge is 0.142 e. The Kier molecular flexibility index (Phi) is 4.32. The summed E-state index contributed by atoms with van der Waals surface area (Å²) in [4.78, 5) is 4.00. The number of rotatable bonds is 4. The van der Waals surface area contributed by atoms with Crippen molar-refractivity contribution in [3.8, 4) is 11.5 Å². The minimum atomic E-state index is -0.200. The molecule has 0 amide bonds. The summed E-state index contributed by atoms with van der Waals surface area (Å²) in [6.45, 7) is 1.80. The van der Waals surface area contributed by atoms with Gasteiger partial charge in [-0.05, 0) is 25.1 Å². The highest BCUT2D eigenvalue weighted by atomic mass is 35.5. The van der Waals surface area contributed by atoms with E-state index in [9.17, 15) is 15.3 Å². The number of aliphatic hydroxyl groups excluding tert-OH is 1. The molecule has 0 atom stereocenters. The average molecular weight is 295 g/mol. The Balaban J connectivity index is 2.22. The largest absolute Gasteiger partial charge is 0.506 e. The van der Waals surface area contributed by atoms with E-state index < -0.39 is 0 Å². The number of benzene rings is 1. The molecule has 1 heterocycles. The lowest BCUT2D eigenvalue weighted by Crippen LogP contribution is -2.05. The number of aryl methyl sites for hydroxylation is 1. The first-order valence-electron chi connectivity index (χ1n) is 6.02. The Morgan fingerprint density at radius 3 is 2.70 bits per heavy atom. The molecule has 1 aromatic carbocycles. The van der Waals surface area contributed by atoms with Crippen molar-refractivity contribution in [2.75, 3.05) is 5.32 Å². The number of pyridine rings is 1. The summed E-state index contributed by atoms with van der Waals surface area (Å²) in [5, 5.41) is 32.0. The van der Waals surface area contributed by atoms with Gasteiger partial charge in [0.05, 0.1) is 17.3 Å². The van der Waals surface area contributed by atoms with Crippen LogP contribution in [0.3, 0.4) is 0 Å². The summed E-state index contributed by atoms with van der Waals surface area (Å²) in [5.41, 5.74) is 2.35. The van der Waals surface area contributed by atoms with Crippen LogP contribution >= 0.6 is 11.6 Å². The van der Waals surface area contributed by atoms with Gasteiger partial charge < -0.3 is 20.6 Å². The van der Waals surface area contributed by atoms with Gasteiger partial charge in [-0.2, -0.15) is 0 Å². The summed E-state index contributed by atoms with van der Waals surface area (Å²) in [5.74, 6) is 0.0739. The predicted molar refractivity (Wildman–Crippen MR) is 77.0 cm³/mol. The van der Waals surface area contributed by atoms with Crippen molar-refractivity contribution in [1.82, 2.24) is 4.98 Å². The van der Waals surface area contributed by atoms with Crippen molar-refractivity contribution in [2.45, 2.75) is 20.1 Å². The fourth-order valence-corrected chi connectivity index (χ4v) is 2.01. The van der Waals surface area contributed by atoms with Gasteiger partial charge in [-0.25, -0.2) is 0 Å². The molecule has 6 heteroatoms. The van der Waals surface area contributed by atoms with Gasteiger partial charge in [-0.15, -0.1) is 0 Å². The fraction of sp³-hybridized carbons (Fsp3) is 0.214. The zero-order valence-corrected chi connectivity index (χ0v) is 11.6. The zero-order chi connectivity index (χ0) is 14.7. The number of phenolic OH excluding ortho intramolecular Hbond substituents is 1. The van der Waals surface area contributed by atoms with Gasteiger partial charge in [0.15, 0.2) is 0 Å². The van der Waals surface area contributed by atoms with Crippen molar-refractivity contribution in [2.24, 2.45) is 0 Å². The van der Waals surface area contributed by atoms with E-state index in [0.717, 1.165) is 0 Å². The standard InChI is InChI=1S/C14H15ClN2O3/c1-8-14(20)11(9(7-18)5-16-8)6-17-10-2-3-13(19)12(15)4-10/h2-5,17-20H,6-7H2,1H3. The van der Waals surface area contributed by atoms with E-state index in [1.807, 2.05) is 0 Å². The van der Waals surface area contributed by atoms with Crippen LogP contribution in [0, 0.1) is 6.92 Å². The Labute approximate surface area is 121 Å². The highest BCUT2D eigenvalue weighted by Crippen LogP contribution is 2.28. The van der Waals surface area contributed by atoms with E-state index in [1.54, 1.807) is 19.1 Å². The second kappa shape index (κ2) is 5.98. The third-order valence-electron chi connectivity index (χ3n) is 3.02. The topological polar surface area (TPSA) is 85.6 Å². The highest BCUT2D eigenvalue weighted by Gasteiger charge is 2.11. The van der Waals surface area contributed by atoms with Gasteiger partial charge in [0.25, 0.3) is 0 Å². The predicted octanol–water partition coefficient (Wildman–Crippen LogP) is 2.56. The Bertz CT molecular complexity index is 632. The van der Waals surface area contributed by atoms with E-state index in [1.165, 1.54) is 12.3 Å². The second-order valence-electron chi connectivity index (χ2n) is 4.37. The number of nitrogens with one attached hydrogen (secondary N) is 1. The Morgan fingerprint density at radius 1 is 1.30 bits per heavy atom. The molecular weight excluding hydrogens is 280 g/mol. The molecule has 0 aliphatic carbocycles. The molecular formula is C14H15ClN2O3. The van der Waals surface area contributed by atoms with Crippen molar-refractivity contribution in [3.63, 3.8) is 0 Å². The summed E-state index contributed by atoms with van der Waals surface area (Å²) < 4.78 is 0. The number of nitrogens with zero attached hydrogens (tertiary/aromatic N) is 1. The van der Waals surface area contributed by atoms with Crippen LogP contribution in [0.25, 0.3) is 0 Å². The number of aromatic nitrogens is 1. The number of halogens is 1. The lowest BCUT2D eigenvalue weighted by atomic mass is 10.1. The average Bonchev–Trinajstić information content (AvgIpc) is 2.44. The molecule has 0 aliphatic heterocycles. The van der Waals surface area contributed by atoms with Crippen molar-refractivity contribution >= 4 is 17.3 Å². The third-order valence-corrected chi connectivity index (χ3v) is 3.32. The monoisotopic (exact) mass is 294 g/mol. The first kappa shape index (κ1) is 14.4. The third kappa shape index (κ3) is 2.95. The molecule has 0 fully saturated rings. The van der Waals surface area contributed by atoms with Crippen LogP contribution in [0.15, 0.2) is 24.4 Å². The zero-order valence-electron chi connectivity index (χ0n) is 10.9. The van der Waals surface area contributed by atoms with Crippen molar-refractivity contribution < 1.29 is 15.3 Å². The Hall–Kier alpha value is -1.98. The number of anilines is 1. The van der Waals surface area contributed by atoms with E-state index in [-0.39, 0.29) is 23.1 Å². The van der Waals surface area contributed by atoms with Crippen LogP contribution in [-0.2, 0) is 13.2 Å². The molecule has 20 heavy (non-hydrogen) atoms. The maximum absolute atomic E-state index is 10.0. The summed E-state index contributed by atoms with van der Waals surface area (Å²) >= 11 is 5.82. The first-order chi connectivity index (χ1) is 9.52. The van der Waals surface area contributed by atoms with Gasteiger partial charge in [-0.3, -0.25) is 4.98 Å². The molecule has 0 bridgehead atoms. The summed E-state index contributed by atoms with van der Waals surface area (Å²) in [6, 6.07) is 4.74. The van der Waals surface area contributed by atoms with Crippen molar-refractivity contribution in [3.05, 3.63) is 46.2 Å². The van der Waals surface area contributed by atoms with E-state index in [0.29, 0.717) is 29.1 Å². The minimum absolute atomic E-state index is 0.0101. The quantitative estimate of drug-likeness (QED) is 0.651. The molecule has 0 unspecified atom stereocenters. The number of aliphatic hydroxyl groups is 1. The normalized spacial score (nSPS) is 10.6. The number of aromatic hydroxyl groups is 2. The lowest BCUT2D eigenvalue weighted by molar-refractivity contribution is 0.279. The van der Waals surface area contributed by atoms with Gasteiger partial charge in [0.2, 0.25) is 0 Å². The molecule has 2 rings (SSSR count). The van der Waals surface area contributed by atoms with Gasteiger partial charge in [0.1, 0.15) is 11.5 Å². The van der Waals surface area contributed by atoms with Gasteiger partial charge in [-0.1, -0.05) is 11.6 Å². The first-order valence-corrected chi connectivity index (χ1v) is 6.40. The molecule has 0 saturated carbocycles. The minimum Gasteiger partial charge on any atom is -0.506 e. The van der Waals surface area contributed by atoms with Crippen molar-refractivity contribution in [1.29, 1.82) is 0 Å². The van der Waals surface area contributed by atoms with Crippen LogP contribution < -0.4 is 5.32 Å². The Morgan fingerprint density at radius 2 is 2.05 bits per heavy atom. The van der Waals surface area contributed by atoms with Gasteiger partial charge >= 0.3 is 0 Å². The molecule has 106 valence electrons. The molecule has 0 aliphatic rings. The fourth-order valence-electron chi connectivity index (χ4n) is 1.83. The number of hydrogen-bond acceptors (Lipinski definition) is 5. The molecule has 2 aromatic rings. The number of hydrogen-bond donors (Lipinski definition) is 4. The summed E-state index contributed by atoms with van der Waals surface area (Å²) in [7, 11) is 0. The molecule has 0 saturated heterocycles. The van der Waals surface area contributed by atoms with Crippen LogP contribution in [0.4, 0.5) is 5.69 Å². The van der Waals surface area contributed by atoms with Crippen LogP contribution in [-0.4, -0.2) is 20.3 Å². The molecule has 4 N–H and O–H groups in total. The lowest BCUT2D eigenvalue weighted by Gasteiger charge is -2.13. The second-order valence-corrected chi connectivity index (χ2v) is 4.78. The van der Waals surface area contributed by atoms with Crippen LogP contribution in [0.2, 0.25) is 5.02 Å². The molecule has 1 aromatic heterocycles. The van der Waals surface area contributed by atoms with E-state index >= 15 is 0 Å². The maximum Gasteiger partial charge on any atom is 0.142 e. The van der Waals surface area contributed by atoms with E-state index in [2.05, 4.69) is 10.3 Å². The number of phenols is 1. The molecule has 5 nitrogen and oxygen atoms in total. The highest BCUT2D eigenvalue weighted by molar-refractivity contribution is 6.32. The van der Waals surface area contributed by atoms with E-state index in [4.69, 9.17) is 11.6 Å². The maximum atomic E-state index is 10.0. The van der Waals surface area contributed by atoms with Gasteiger partial charge in [0, 0.05) is 29.6 Å². The SMILES string of the molecule is Cc1ncc(CO)c(CNc2ccc(O)c(Cl)c2)c1O. The summed E-state index contributed by atoms with van der Waals surface area (Å²) in [6.07, 6.45) is 1.54. The molecule has 0 spiro atoms. The molecule has 0 radical (unpaired) electrons. The van der Waals surface area contributed by atoms with Crippen LogP contribution in [0.1, 0.15) is 16.8 Å². The van der Waals surface area contributed by atoms with Crippen LogP contribution in [0.5, 0.6) is 11.5 Å².